The maximum atomic E-state index is 12.4. The molecule has 3 rings (SSSR count). The topological polar surface area (TPSA) is 63.2 Å². The van der Waals surface area contributed by atoms with E-state index in [4.69, 9.17) is 16.3 Å². The van der Waals surface area contributed by atoms with Crippen LogP contribution in [0.15, 0.2) is 60.8 Å². The number of nitrogens with one attached hydrogen (secondary N) is 2. The van der Waals surface area contributed by atoms with Gasteiger partial charge in [-0.1, -0.05) is 17.7 Å². The molecule has 0 saturated heterocycles. The summed E-state index contributed by atoms with van der Waals surface area (Å²) >= 11 is 6.08. The predicted molar refractivity (Wildman–Crippen MR) is 105 cm³/mol. The molecule has 2 aromatic carbocycles. The summed E-state index contributed by atoms with van der Waals surface area (Å²) in [6, 6.07) is 16.4. The molecule has 26 heavy (non-hydrogen) atoms. The van der Waals surface area contributed by atoms with Gasteiger partial charge in [0, 0.05) is 16.4 Å². The van der Waals surface area contributed by atoms with Crippen LogP contribution in [-0.4, -0.2) is 18.0 Å². The lowest BCUT2D eigenvalue weighted by Gasteiger charge is -2.10. The summed E-state index contributed by atoms with van der Waals surface area (Å²) < 4.78 is 5.13. The van der Waals surface area contributed by atoms with Gasteiger partial charge in [-0.3, -0.25) is 4.79 Å². The minimum Gasteiger partial charge on any atom is -0.497 e. The van der Waals surface area contributed by atoms with Gasteiger partial charge in [-0.2, -0.15) is 0 Å². The number of carbonyl (C=O) groups is 1. The van der Waals surface area contributed by atoms with Gasteiger partial charge in [-0.25, -0.2) is 4.98 Å². The number of ether oxygens (including phenoxy) is 1. The molecule has 0 atom stereocenters. The number of hydrogen-bond acceptors (Lipinski definition) is 4. The molecule has 0 unspecified atom stereocenters. The minimum atomic E-state index is -0.286. The van der Waals surface area contributed by atoms with Crippen LogP contribution in [0.4, 0.5) is 17.1 Å². The Hall–Kier alpha value is -3.05. The van der Waals surface area contributed by atoms with Gasteiger partial charge in [0.2, 0.25) is 0 Å². The molecule has 0 aliphatic heterocycles. The lowest BCUT2D eigenvalue weighted by Crippen LogP contribution is -2.14. The van der Waals surface area contributed by atoms with Crippen molar-refractivity contribution in [2.75, 3.05) is 17.7 Å². The van der Waals surface area contributed by atoms with E-state index in [0.717, 1.165) is 22.7 Å². The number of methoxy groups -OCH3 is 1. The van der Waals surface area contributed by atoms with Crippen molar-refractivity contribution < 1.29 is 9.53 Å². The molecule has 0 aliphatic carbocycles. The van der Waals surface area contributed by atoms with Crippen molar-refractivity contribution in [2.45, 2.75) is 6.92 Å². The Kier molecular flexibility index (Phi) is 5.39. The van der Waals surface area contributed by atoms with E-state index < -0.39 is 0 Å². The van der Waals surface area contributed by atoms with E-state index in [-0.39, 0.29) is 5.91 Å². The van der Waals surface area contributed by atoms with Gasteiger partial charge in [-0.05, 0) is 61.0 Å². The Morgan fingerprint density at radius 1 is 1.04 bits per heavy atom. The zero-order valence-electron chi connectivity index (χ0n) is 14.4. The SMILES string of the molecule is COc1ccc(Nc2ccc(C(=O)Nc3cccc(Cl)c3C)nc2)cc1. The maximum absolute atomic E-state index is 12.4. The lowest BCUT2D eigenvalue weighted by molar-refractivity contribution is 0.102. The second-order valence-electron chi connectivity index (χ2n) is 5.65. The Morgan fingerprint density at radius 2 is 1.77 bits per heavy atom. The van der Waals surface area contributed by atoms with Gasteiger partial charge in [0.05, 0.1) is 19.0 Å². The molecule has 0 radical (unpaired) electrons. The van der Waals surface area contributed by atoms with Crippen molar-refractivity contribution in [3.8, 4) is 5.75 Å². The smallest absolute Gasteiger partial charge is 0.274 e. The van der Waals surface area contributed by atoms with Crippen molar-refractivity contribution in [1.29, 1.82) is 0 Å². The summed E-state index contributed by atoms with van der Waals surface area (Å²) in [4.78, 5) is 16.6. The highest BCUT2D eigenvalue weighted by molar-refractivity contribution is 6.31. The average molecular weight is 368 g/mol. The standard InChI is InChI=1S/C20H18ClN3O2/c1-13-17(21)4-3-5-18(13)24-20(25)19-11-8-15(12-22-19)23-14-6-9-16(26-2)10-7-14/h3-12,23H,1-2H3,(H,24,25). The average Bonchev–Trinajstić information content (AvgIpc) is 2.66. The second-order valence-corrected chi connectivity index (χ2v) is 6.06. The van der Waals surface area contributed by atoms with E-state index in [0.29, 0.717) is 16.4 Å². The van der Waals surface area contributed by atoms with Gasteiger partial charge in [0.15, 0.2) is 0 Å². The van der Waals surface area contributed by atoms with Gasteiger partial charge >= 0.3 is 0 Å². The monoisotopic (exact) mass is 367 g/mol. The number of nitrogens with zero attached hydrogens (tertiary/aromatic N) is 1. The first kappa shape index (κ1) is 17.8. The molecule has 0 spiro atoms. The minimum absolute atomic E-state index is 0.286. The largest absolute Gasteiger partial charge is 0.497 e. The molecule has 0 aliphatic rings. The highest BCUT2D eigenvalue weighted by Crippen LogP contribution is 2.24. The van der Waals surface area contributed by atoms with Crippen LogP contribution < -0.4 is 15.4 Å². The Bertz CT molecular complexity index is 909. The van der Waals surface area contributed by atoms with Crippen LogP contribution in [0, 0.1) is 6.92 Å². The number of carbonyl (C=O) groups excluding carboxylic acids is 1. The van der Waals surface area contributed by atoms with Crippen LogP contribution in [0.5, 0.6) is 5.75 Å². The first-order valence-electron chi connectivity index (χ1n) is 8.00. The van der Waals surface area contributed by atoms with E-state index in [1.165, 1.54) is 0 Å². The fourth-order valence-electron chi connectivity index (χ4n) is 2.37. The number of rotatable bonds is 5. The summed E-state index contributed by atoms with van der Waals surface area (Å²) in [5, 5.41) is 6.66. The Balaban J connectivity index is 1.68. The molecule has 5 nitrogen and oxygen atoms in total. The molecule has 0 bridgehead atoms. The second kappa shape index (κ2) is 7.89. The van der Waals surface area contributed by atoms with Crippen LogP contribution in [0.1, 0.15) is 16.1 Å². The van der Waals surface area contributed by atoms with Gasteiger partial charge < -0.3 is 15.4 Å². The Morgan fingerprint density at radius 3 is 2.42 bits per heavy atom. The molecule has 6 heteroatoms. The summed E-state index contributed by atoms with van der Waals surface area (Å²) in [5.41, 5.74) is 3.50. The summed E-state index contributed by atoms with van der Waals surface area (Å²) in [5.74, 6) is 0.503. The van der Waals surface area contributed by atoms with Crippen LogP contribution >= 0.6 is 11.6 Å². The van der Waals surface area contributed by atoms with Crippen molar-refractivity contribution in [2.24, 2.45) is 0 Å². The van der Waals surface area contributed by atoms with E-state index in [1.54, 1.807) is 43.6 Å². The first-order chi connectivity index (χ1) is 12.6. The highest BCUT2D eigenvalue weighted by Gasteiger charge is 2.10. The fourth-order valence-corrected chi connectivity index (χ4v) is 2.55. The number of pyridine rings is 1. The van der Waals surface area contributed by atoms with Crippen molar-refractivity contribution >= 4 is 34.6 Å². The van der Waals surface area contributed by atoms with Gasteiger partial charge in [0.1, 0.15) is 11.4 Å². The third-order valence-electron chi connectivity index (χ3n) is 3.89. The number of anilines is 3. The van der Waals surface area contributed by atoms with E-state index in [2.05, 4.69) is 15.6 Å². The zero-order valence-corrected chi connectivity index (χ0v) is 15.2. The highest BCUT2D eigenvalue weighted by atomic mass is 35.5. The molecule has 2 N–H and O–H groups in total. The molecule has 1 aromatic heterocycles. The molecule has 3 aromatic rings. The third kappa shape index (κ3) is 4.13. The quantitative estimate of drug-likeness (QED) is 0.662. The lowest BCUT2D eigenvalue weighted by atomic mass is 10.2. The summed E-state index contributed by atoms with van der Waals surface area (Å²) in [7, 11) is 1.63. The molecular weight excluding hydrogens is 350 g/mol. The predicted octanol–water partition coefficient (Wildman–Crippen LogP) is 5.05. The van der Waals surface area contributed by atoms with Gasteiger partial charge in [0.25, 0.3) is 5.91 Å². The normalized spacial score (nSPS) is 10.3. The van der Waals surface area contributed by atoms with Crippen molar-refractivity contribution in [3.05, 3.63) is 77.1 Å². The molecule has 132 valence electrons. The number of hydrogen-bond donors (Lipinski definition) is 2. The summed E-state index contributed by atoms with van der Waals surface area (Å²) in [6.45, 7) is 1.85. The molecule has 0 fully saturated rings. The van der Waals surface area contributed by atoms with Crippen molar-refractivity contribution in [3.63, 3.8) is 0 Å². The molecule has 0 saturated carbocycles. The number of benzene rings is 2. The number of aromatic nitrogens is 1. The van der Waals surface area contributed by atoms with Crippen molar-refractivity contribution in [1.82, 2.24) is 4.98 Å². The molecule has 1 amide bonds. The molecule has 1 heterocycles. The molecular formula is C20H18ClN3O2. The third-order valence-corrected chi connectivity index (χ3v) is 4.30. The zero-order chi connectivity index (χ0) is 18.5. The van der Waals surface area contributed by atoms with Gasteiger partial charge in [-0.15, -0.1) is 0 Å². The van der Waals surface area contributed by atoms with Crippen LogP contribution in [0.3, 0.4) is 0 Å². The van der Waals surface area contributed by atoms with E-state index >= 15 is 0 Å². The number of amides is 1. The summed E-state index contributed by atoms with van der Waals surface area (Å²) in [6.07, 6.45) is 1.62. The maximum Gasteiger partial charge on any atom is 0.274 e. The fraction of sp³-hybridized carbons (Fsp3) is 0.100. The van der Waals surface area contributed by atoms with Crippen LogP contribution in [0.2, 0.25) is 5.02 Å². The van der Waals surface area contributed by atoms with E-state index in [9.17, 15) is 4.79 Å². The van der Waals surface area contributed by atoms with E-state index in [1.807, 2.05) is 31.2 Å². The first-order valence-corrected chi connectivity index (χ1v) is 8.38. The number of halogens is 1. The van der Waals surface area contributed by atoms with Crippen LogP contribution in [0.25, 0.3) is 0 Å². The van der Waals surface area contributed by atoms with Crippen LogP contribution in [-0.2, 0) is 0 Å². The Labute approximate surface area is 157 Å².